The van der Waals surface area contributed by atoms with Crippen LogP contribution in [0.2, 0.25) is 0 Å². The van der Waals surface area contributed by atoms with E-state index in [-0.39, 0.29) is 24.8 Å². The molecule has 0 fully saturated rings. The maximum atomic E-state index is 2.27. The van der Waals surface area contributed by atoms with Gasteiger partial charge >= 0.3 is 71.9 Å². The van der Waals surface area contributed by atoms with Crippen LogP contribution in [0.5, 0.6) is 0 Å². The van der Waals surface area contributed by atoms with Crippen LogP contribution in [0.3, 0.4) is 0 Å². The maximum Gasteiger partial charge on any atom is -0.147 e. The Balaban J connectivity index is 0. The van der Waals surface area contributed by atoms with E-state index in [0.717, 1.165) is 5.92 Å². The van der Waals surface area contributed by atoms with Gasteiger partial charge in [-0.3, -0.25) is 0 Å². The van der Waals surface area contributed by atoms with Crippen molar-refractivity contribution in [1.82, 2.24) is 0 Å². The summed E-state index contributed by atoms with van der Waals surface area (Å²) in [6.45, 7) is 4.52. The minimum Gasteiger partial charge on any atom is -0.147 e. The van der Waals surface area contributed by atoms with Crippen LogP contribution < -0.4 is 0 Å². The Morgan fingerprint density at radius 2 is 1.91 bits per heavy atom. The summed E-state index contributed by atoms with van der Waals surface area (Å²) >= 11 is 1.59. The van der Waals surface area contributed by atoms with Gasteiger partial charge < -0.3 is 0 Å². The fourth-order valence-electron chi connectivity index (χ4n) is 1.06. The quantitative estimate of drug-likeness (QED) is 0.687. The summed E-state index contributed by atoms with van der Waals surface area (Å²) in [5, 5.41) is 0. The van der Waals surface area contributed by atoms with Crippen LogP contribution in [-0.2, 0) is 24.7 Å². The van der Waals surface area contributed by atoms with Gasteiger partial charge in [0, 0.05) is 0 Å². The fraction of sp³-hybridized carbons (Fsp3) is 0.500. The largest absolute Gasteiger partial charge is 0.147 e. The summed E-state index contributed by atoms with van der Waals surface area (Å²) in [5.41, 5.74) is 1.58. The van der Waals surface area contributed by atoms with E-state index in [1.807, 2.05) is 0 Å². The molecule has 0 N–H and O–H groups in total. The molecule has 0 aliphatic heterocycles. The monoisotopic (exact) mass is 269 g/mol. The summed E-state index contributed by atoms with van der Waals surface area (Å²) in [4.78, 5) is 0. The summed E-state index contributed by atoms with van der Waals surface area (Å²) in [5.74, 6) is 0.734. The molecule has 63 valence electrons. The number of hydrogen-bond acceptors (Lipinski definition) is 0. The van der Waals surface area contributed by atoms with Crippen molar-refractivity contribution < 1.29 is 24.7 Å². The Kier molecular flexibility index (Phi) is 8.49. The molecule has 0 saturated heterocycles. The smallest absolute Gasteiger partial charge is 0.147 e. The Morgan fingerprint density at radius 1 is 1.36 bits per heavy atom. The molecule has 0 heterocycles. The van der Waals surface area contributed by atoms with Crippen molar-refractivity contribution in [2.24, 2.45) is 5.92 Å². The molecule has 1 aliphatic carbocycles. The van der Waals surface area contributed by atoms with Crippen LogP contribution in [0.4, 0.5) is 0 Å². The predicted molar refractivity (Wildman–Crippen MR) is 50.1 cm³/mol. The molecule has 0 atom stereocenters. The standard InChI is InChI=1S/C8H11.2ClH.Zr/c1-7(2)8-5-3-4-6-8;;;/h3,5,7H,4H2,1-2H3;2*1H;. The van der Waals surface area contributed by atoms with Crippen molar-refractivity contribution in [2.45, 2.75) is 20.3 Å². The van der Waals surface area contributed by atoms with E-state index in [4.69, 9.17) is 0 Å². The van der Waals surface area contributed by atoms with Crippen LogP contribution in [-0.4, -0.2) is 0 Å². The zero-order chi connectivity index (χ0) is 6.85. The van der Waals surface area contributed by atoms with Gasteiger partial charge in [-0.2, -0.15) is 0 Å². The molecule has 0 bridgehead atoms. The summed E-state index contributed by atoms with van der Waals surface area (Å²) < 4.78 is 1.64. The topological polar surface area (TPSA) is 0 Å². The Bertz CT molecular complexity index is 171. The Morgan fingerprint density at radius 3 is 2.09 bits per heavy atom. The van der Waals surface area contributed by atoms with Gasteiger partial charge in [0.15, 0.2) is 0 Å². The molecule has 0 aromatic rings. The molecule has 3 heteroatoms. The second kappa shape index (κ2) is 6.46. The van der Waals surface area contributed by atoms with Crippen molar-refractivity contribution in [2.75, 3.05) is 0 Å². The van der Waals surface area contributed by atoms with Gasteiger partial charge in [0.1, 0.15) is 0 Å². The fourth-order valence-corrected chi connectivity index (χ4v) is 2.27. The average molecular weight is 271 g/mol. The van der Waals surface area contributed by atoms with E-state index in [9.17, 15) is 0 Å². The molecule has 1 rings (SSSR count). The van der Waals surface area contributed by atoms with Crippen molar-refractivity contribution in [1.29, 1.82) is 0 Å². The van der Waals surface area contributed by atoms with E-state index < -0.39 is 0 Å². The van der Waals surface area contributed by atoms with Crippen LogP contribution in [0, 0.1) is 5.92 Å². The van der Waals surface area contributed by atoms with E-state index in [1.165, 1.54) is 6.42 Å². The first kappa shape index (κ1) is 14.5. The summed E-state index contributed by atoms with van der Waals surface area (Å²) in [6, 6.07) is 0. The van der Waals surface area contributed by atoms with E-state index in [1.54, 1.807) is 33.6 Å². The van der Waals surface area contributed by atoms with E-state index in [0.29, 0.717) is 0 Å². The minimum absolute atomic E-state index is 0. The molecule has 0 saturated carbocycles. The van der Waals surface area contributed by atoms with Gasteiger partial charge in [-0.25, -0.2) is 0 Å². The molecular weight excluding hydrogens is 258 g/mol. The molecule has 0 amide bonds. The first-order valence-electron chi connectivity index (χ1n) is 3.33. The SMILES string of the molecule is CC(C)C1=[C]([Zr])CC=C1.Cl.Cl. The maximum absolute atomic E-state index is 2.27. The van der Waals surface area contributed by atoms with Gasteiger partial charge in [0.25, 0.3) is 0 Å². The Hall–Kier alpha value is 0.943. The van der Waals surface area contributed by atoms with Crippen LogP contribution in [0.15, 0.2) is 21.0 Å². The first-order chi connectivity index (χ1) is 4.22. The molecular formula is C8H13Cl2Zr. The van der Waals surface area contributed by atoms with Crippen LogP contribution in [0.1, 0.15) is 20.3 Å². The average Bonchev–Trinajstić information content (AvgIpc) is 2.13. The molecule has 0 aromatic heterocycles. The molecule has 0 radical (unpaired) electrons. The van der Waals surface area contributed by atoms with Crippen molar-refractivity contribution in [3.63, 3.8) is 0 Å². The minimum atomic E-state index is 0. The normalized spacial score (nSPS) is 14.7. The number of rotatable bonds is 1. The third kappa shape index (κ3) is 3.92. The number of hydrogen-bond donors (Lipinski definition) is 0. The molecule has 11 heavy (non-hydrogen) atoms. The predicted octanol–water partition coefficient (Wildman–Crippen LogP) is 3.25. The van der Waals surface area contributed by atoms with Gasteiger partial charge in [-0.1, -0.05) is 0 Å². The molecule has 0 unspecified atom stereocenters. The van der Waals surface area contributed by atoms with Crippen LogP contribution in [0.25, 0.3) is 0 Å². The van der Waals surface area contributed by atoms with Gasteiger partial charge in [-0.15, -0.1) is 24.8 Å². The number of halogens is 2. The van der Waals surface area contributed by atoms with E-state index >= 15 is 0 Å². The Labute approximate surface area is 96.2 Å². The molecule has 0 aromatic carbocycles. The zero-order valence-corrected chi connectivity index (χ0v) is 10.8. The van der Waals surface area contributed by atoms with Crippen molar-refractivity contribution in [3.8, 4) is 0 Å². The first-order valence-corrected chi connectivity index (χ1v) is 4.56. The van der Waals surface area contributed by atoms with Crippen molar-refractivity contribution in [3.05, 3.63) is 21.0 Å². The third-order valence-electron chi connectivity index (χ3n) is 1.59. The van der Waals surface area contributed by atoms with E-state index in [2.05, 4.69) is 26.0 Å². The summed E-state index contributed by atoms with van der Waals surface area (Å²) in [6.07, 6.45) is 5.75. The summed E-state index contributed by atoms with van der Waals surface area (Å²) in [7, 11) is 0. The van der Waals surface area contributed by atoms with Crippen molar-refractivity contribution >= 4 is 24.8 Å². The second-order valence-corrected chi connectivity index (χ2v) is 4.18. The van der Waals surface area contributed by atoms with Gasteiger partial charge in [0.2, 0.25) is 0 Å². The van der Waals surface area contributed by atoms with Gasteiger partial charge in [0.05, 0.1) is 0 Å². The van der Waals surface area contributed by atoms with Gasteiger partial charge in [-0.05, 0) is 0 Å². The zero-order valence-electron chi connectivity index (χ0n) is 6.76. The molecule has 1 aliphatic rings. The number of allylic oxidation sites excluding steroid dienone is 4. The molecule has 0 spiro atoms. The second-order valence-electron chi connectivity index (χ2n) is 2.70. The van der Waals surface area contributed by atoms with Crippen LogP contribution >= 0.6 is 24.8 Å². The molecule has 0 nitrogen and oxygen atoms in total. The third-order valence-corrected chi connectivity index (χ3v) is 2.80.